The fourth-order valence-corrected chi connectivity index (χ4v) is 3.35. The van der Waals surface area contributed by atoms with Gasteiger partial charge in [-0.05, 0) is 30.5 Å². The number of carbonyl (C=O) groups is 2. The van der Waals surface area contributed by atoms with Gasteiger partial charge in [0.1, 0.15) is 0 Å². The van der Waals surface area contributed by atoms with E-state index >= 15 is 0 Å². The lowest BCUT2D eigenvalue weighted by molar-refractivity contribution is -0.127. The van der Waals surface area contributed by atoms with Gasteiger partial charge in [-0.25, -0.2) is 4.99 Å². The van der Waals surface area contributed by atoms with Gasteiger partial charge in [0.05, 0.1) is 19.7 Å². The molecule has 0 saturated carbocycles. The summed E-state index contributed by atoms with van der Waals surface area (Å²) in [5.74, 6) is 1.26. The molecule has 1 aromatic rings. The van der Waals surface area contributed by atoms with E-state index in [4.69, 9.17) is 4.74 Å². The number of carbonyl (C=O) groups excluding carboxylic acids is 2. The summed E-state index contributed by atoms with van der Waals surface area (Å²) < 4.78 is 5.42. The Morgan fingerprint density at radius 1 is 1.27 bits per heavy atom. The number of hydrogen-bond acceptors (Lipinski definition) is 4. The highest BCUT2D eigenvalue weighted by atomic mass is 127. The van der Waals surface area contributed by atoms with E-state index in [0.29, 0.717) is 24.8 Å². The lowest BCUT2D eigenvalue weighted by Gasteiger charge is -2.17. The van der Waals surface area contributed by atoms with E-state index in [0.717, 1.165) is 50.4 Å². The van der Waals surface area contributed by atoms with E-state index in [9.17, 15) is 9.59 Å². The number of aliphatic imine (C=N–C) groups is 1. The minimum absolute atomic E-state index is 0. The number of nitrogens with one attached hydrogen (secondary N) is 2. The molecule has 8 nitrogen and oxygen atoms in total. The standard InChI is InChI=1S/C21H31N5O3.HI/c1-25(2)20(28)14-24-21(23-13-17-9-11-29-15-17)22-12-16-5-7-18(8-6-16)26-10-3-4-19(26)27;/h5-8,17H,3-4,9-15H2,1-2H3,(H2,22,23,24);1H. The SMILES string of the molecule is CN(C)C(=O)CNC(=NCc1ccc(N2CCCC2=O)cc1)NCC1CCOC1.I. The van der Waals surface area contributed by atoms with Gasteiger partial charge in [-0.2, -0.15) is 0 Å². The summed E-state index contributed by atoms with van der Waals surface area (Å²) in [5.41, 5.74) is 1.99. The van der Waals surface area contributed by atoms with Crippen molar-refractivity contribution in [3.8, 4) is 0 Å². The van der Waals surface area contributed by atoms with Gasteiger partial charge in [-0.3, -0.25) is 9.59 Å². The molecule has 1 aromatic carbocycles. The number of benzene rings is 1. The first-order chi connectivity index (χ1) is 14.0. The quantitative estimate of drug-likeness (QED) is 0.319. The van der Waals surface area contributed by atoms with Gasteiger partial charge >= 0.3 is 0 Å². The highest BCUT2D eigenvalue weighted by Crippen LogP contribution is 2.21. The van der Waals surface area contributed by atoms with Gasteiger partial charge in [0.15, 0.2) is 5.96 Å². The minimum Gasteiger partial charge on any atom is -0.381 e. The van der Waals surface area contributed by atoms with E-state index in [1.165, 1.54) is 0 Å². The number of guanidine groups is 1. The zero-order chi connectivity index (χ0) is 20.6. The van der Waals surface area contributed by atoms with Crippen LogP contribution in [-0.2, 0) is 20.9 Å². The maximum atomic E-state index is 11.9. The van der Waals surface area contributed by atoms with Gasteiger partial charge in [-0.15, -0.1) is 24.0 Å². The van der Waals surface area contributed by atoms with Gasteiger partial charge in [0.2, 0.25) is 11.8 Å². The maximum Gasteiger partial charge on any atom is 0.241 e. The van der Waals surface area contributed by atoms with E-state index < -0.39 is 0 Å². The van der Waals surface area contributed by atoms with Crippen molar-refractivity contribution in [3.05, 3.63) is 29.8 Å². The monoisotopic (exact) mass is 529 g/mol. The first kappa shape index (κ1) is 24.4. The third-order valence-electron chi connectivity index (χ3n) is 5.23. The van der Waals surface area contributed by atoms with Gasteiger partial charge < -0.3 is 25.2 Å². The molecular formula is C21H32IN5O3. The van der Waals surface area contributed by atoms with E-state index in [1.54, 1.807) is 19.0 Å². The van der Waals surface area contributed by atoms with Crippen LogP contribution in [0, 0.1) is 5.92 Å². The highest BCUT2D eigenvalue weighted by molar-refractivity contribution is 14.0. The molecule has 0 spiro atoms. The van der Waals surface area contributed by atoms with Crippen LogP contribution in [0.15, 0.2) is 29.3 Å². The van der Waals surface area contributed by atoms with Crippen molar-refractivity contribution < 1.29 is 14.3 Å². The zero-order valence-corrected chi connectivity index (χ0v) is 20.1. The second kappa shape index (κ2) is 12.1. The molecule has 30 heavy (non-hydrogen) atoms. The highest BCUT2D eigenvalue weighted by Gasteiger charge is 2.21. The second-order valence-corrected chi connectivity index (χ2v) is 7.73. The lowest BCUT2D eigenvalue weighted by atomic mass is 10.1. The van der Waals surface area contributed by atoms with Crippen LogP contribution in [0.2, 0.25) is 0 Å². The number of nitrogens with zero attached hydrogens (tertiary/aromatic N) is 3. The lowest BCUT2D eigenvalue weighted by Crippen LogP contribution is -2.44. The van der Waals surface area contributed by atoms with Crippen LogP contribution in [0.25, 0.3) is 0 Å². The first-order valence-corrected chi connectivity index (χ1v) is 10.2. The normalized spacial score (nSPS) is 18.9. The largest absolute Gasteiger partial charge is 0.381 e. The van der Waals surface area contributed by atoms with Crippen molar-refractivity contribution in [1.29, 1.82) is 0 Å². The summed E-state index contributed by atoms with van der Waals surface area (Å²) in [6, 6.07) is 7.94. The fraction of sp³-hybridized carbons (Fsp3) is 0.571. The average molecular weight is 529 g/mol. The number of hydrogen-bond donors (Lipinski definition) is 2. The average Bonchev–Trinajstić information content (AvgIpc) is 3.39. The topological polar surface area (TPSA) is 86.3 Å². The van der Waals surface area contributed by atoms with E-state index in [1.807, 2.05) is 29.2 Å². The molecule has 1 atom stereocenters. The summed E-state index contributed by atoms with van der Waals surface area (Å²) >= 11 is 0. The number of ether oxygens (including phenoxy) is 1. The van der Waals surface area contributed by atoms with Crippen LogP contribution < -0.4 is 15.5 Å². The third kappa shape index (κ3) is 7.12. The molecular weight excluding hydrogens is 497 g/mol. The fourth-order valence-electron chi connectivity index (χ4n) is 3.35. The van der Waals surface area contributed by atoms with Gasteiger partial charge in [0.25, 0.3) is 0 Å². The molecule has 2 heterocycles. The van der Waals surface area contributed by atoms with Crippen molar-refractivity contribution >= 4 is 47.4 Å². The van der Waals surface area contributed by atoms with Crippen LogP contribution in [0.5, 0.6) is 0 Å². The van der Waals surface area contributed by atoms with Crippen LogP contribution in [0.3, 0.4) is 0 Å². The molecule has 2 aliphatic rings. The molecule has 166 valence electrons. The molecule has 0 aliphatic carbocycles. The Morgan fingerprint density at radius 2 is 2.03 bits per heavy atom. The number of likely N-dealkylation sites (N-methyl/N-ethyl adjacent to an activating group) is 1. The number of rotatable bonds is 7. The first-order valence-electron chi connectivity index (χ1n) is 10.2. The second-order valence-electron chi connectivity index (χ2n) is 7.73. The molecule has 9 heteroatoms. The molecule has 0 radical (unpaired) electrons. The van der Waals surface area contributed by atoms with Crippen LogP contribution in [-0.4, -0.2) is 69.6 Å². The Morgan fingerprint density at radius 3 is 2.63 bits per heavy atom. The Labute approximate surface area is 195 Å². The van der Waals surface area contributed by atoms with E-state index in [-0.39, 0.29) is 42.3 Å². The Balaban J connectivity index is 0.00000320. The molecule has 3 rings (SSSR count). The molecule has 2 N–H and O–H groups in total. The molecule has 0 bridgehead atoms. The zero-order valence-electron chi connectivity index (χ0n) is 17.7. The third-order valence-corrected chi connectivity index (χ3v) is 5.23. The van der Waals surface area contributed by atoms with Crippen LogP contribution >= 0.6 is 24.0 Å². The predicted molar refractivity (Wildman–Crippen MR) is 128 cm³/mol. The smallest absolute Gasteiger partial charge is 0.241 e. The summed E-state index contributed by atoms with van der Waals surface area (Å²) in [6.45, 7) is 3.79. The van der Waals surface area contributed by atoms with Crippen molar-refractivity contribution in [1.82, 2.24) is 15.5 Å². The van der Waals surface area contributed by atoms with Crippen molar-refractivity contribution in [2.24, 2.45) is 10.9 Å². The molecule has 1 unspecified atom stereocenters. The summed E-state index contributed by atoms with van der Waals surface area (Å²) in [7, 11) is 3.47. The Bertz CT molecular complexity index is 733. The Hall–Kier alpha value is -1.88. The van der Waals surface area contributed by atoms with Gasteiger partial charge in [-0.1, -0.05) is 12.1 Å². The molecule has 2 amide bonds. The molecule has 2 saturated heterocycles. The van der Waals surface area contributed by atoms with Crippen molar-refractivity contribution in [3.63, 3.8) is 0 Å². The molecule has 2 fully saturated rings. The van der Waals surface area contributed by atoms with Crippen molar-refractivity contribution in [2.45, 2.75) is 25.8 Å². The molecule has 2 aliphatic heterocycles. The van der Waals surface area contributed by atoms with Crippen LogP contribution in [0.4, 0.5) is 5.69 Å². The van der Waals surface area contributed by atoms with Crippen molar-refractivity contribution in [2.75, 3.05) is 51.8 Å². The van der Waals surface area contributed by atoms with Gasteiger partial charge in [0, 0.05) is 51.8 Å². The summed E-state index contributed by atoms with van der Waals surface area (Å²) in [5, 5.41) is 6.43. The number of amides is 2. The minimum atomic E-state index is -0.0108. The predicted octanol–water partition coefficient (Wildman–Crippen LogP) is 1.59. The van der Waals surface area contributed by atoms with E-state index in [2.05, 4.69) is 15.6 Å². The maximum absolute atomic E-state index is 11.9. The Kier molecular flexibility index (Phi) is 9.83. The summed E-state index contributed by atoms with van der Waals surface area (Å²) in [4.78, 5) is 31.8. The molecule has 0 aromatic heterocycles. The number of anilines is 1. The summed E-state index contributed by atoms with van der Waals surface area (Å²) in [6.07, 6.45) is 2.58. The van der Waals surface area contributed by atoms with Crippen LogP contribution in [0.1, 0.15) is 24.8 Å². The number of halogens is 1.